The fraction of sp³-hybridized carbons (Fsp3) is 0.444. The summed E-state index contributed by atoms with van der Waals surface area (Å²) in [5.74, 6) is -1.11. The number of benzene rings is 1. The van der Waals surface area contributed by atoms with Gasteiger partial charge in [-0.2, -0.15) is 0 Å². The molecule has 0 aliphatic carbocycles. The first-order chi connectivity index (χ1) is 12.2. The molecule has 5 amide bonds. The summed E-state index contributed by atoms with van der Waals surface area (Å²) < 4.78 is 0. The second kappa shape index (κ2) is 7.55. The van der Waals surface area contributed by atoms with Gasteiger partial charge >= 0.3 is 6.03 Å². The van der Waals surface area contributed by atoms with Gasteiger partial charge in [-0.15, -0.1) is 0 Å². The normalized spacial score (nSPS) is 19.5. The molecule has 140 valence electrons. The van der Waals surface area contributed by atoms with E-state index >= 15 is 0 Å². The summed E-state index contributed by atoms with van der Waals surface area (Å²) in [5.41, 5.74) is 0.543. The SMILES string of the molecule is CNC(=O)CNC(=O)CN1C(=O)N[C@@](C)(c2ccc(C(C)C)cc2)C1=O. The molecule has 0 saturated carbocycles. The summed E-state index contributed by atoms with van der Waals surface area (Å²) in [5, 5.41) is 7.38. The lowest BCUT2D eigenvalue weighted by Gasteiger charge is -2.22. The molecule has 1 aliphatic rings. The summed E-state index contributed by atoms with van der Waals surface area (Å²) in [4.78, 5) is 48.9. The van der Waals surface area contributed by atoms with Crippen LogP contribution in [0.5, 0.6) is 0 Å². The zero-order valence-corrected chi connectivity index (χ0v) is 15.4. The van der Waals surface area contributed by atoms with Crippen LogP contribution < -0.4 is 16.0 Å². The average Bonchev–Trinajstić information content (AvgIpc) is 2.83. The van der Waals surface area contributed by atoms with Crippen LogP contribution in [0, 0.1) is 0 Å². The van der Waals surface area contributed by atoms with Gasteiger partial charge in [-0.3, -0.25) is 19.3 Å². The number of carbonyl (C=O) groups excluding carboxylic acids is 4. The van der Waals surface area contributed by atoms with Gasteiger partial charge in [0.05, 0.1) is 6.54 Å². The minimum Gasteiger partial charge on any atom is -0.358 e. The third kappa shape index (κ3) is 3.84. The number of imide groups is 1. The van der Waals surface area contributed by atoms with Crippen molar-refractivity contribution in [3.05, 3.63) is 35.4 Å². The number of amides is 5. The van der Waals surface area contributed by atoms with Crippen molar-refractivity contribution in [2.75, 3.05) is 20.1 Å². The highest BCUT2D eigenvalue weighted by atomic mass is 16.2. The Hall–Kier alpha value is -2.90. The van der Waals surface area contributed by atoms with Gasteiger partial charge in [-0.05, 0) is 24.0 Å². The zero-order valence-electron chi connectivity index (χ0n) is 15.4. The molecule has 1 atom stereocenters. The third-order valence-corrected chi connectivity index (χ3v) is 4.46. The van der Waals surface area contributed by atoms with Crippen LogP contribution in [0.1, 0.15) is 37.8 Å². The van der Waals surface area contributed by atoms with E-state index in [2.05, 4.69) is 29.8 Å². The lowest BCUT2D eigenvalue weighted by Crippen LogP contribution is -2.44. The Morgan fingerprint density at radius 1 is 1.15 bits per heavy atom. The van der Waals surface area contributed by atoms with E-state index in [1.165, 1.54) is 7.05 Å². The molecule has 26 heavy (non-hydrogen) atoms. The molecule has 1 aromatic rings. The first-order valence-electron chi connectivity index (χ1n) is 8.41. The fourth-order valence-corrected chi connectivity index (χ4v) is 2.70. The number of urea groups is 1. The smallest absolute Gasteiger partial charge is 0.325 e. The highest BCUT2D eigenvalue weighted by molar-refractivity contribution is 6.09. The largest absolute Gasteiger partial charge is 0.358 e. The zero-order chi connectivity index (χ0) is 19.5. The van der Waals surface area contributed by atoms with Gasteiger partial charge in [-0.1, -0.05) is 38.1 Å². The second-order valence-corrected chi connectivity index (χ2v) is 6.67. The van der Waals surface area contributed by atoms with E-state index in [-0.39, 0.29) is 12.5 Å². The highest BCUT2D eigenvalue weighted by Gasteiger charge is 2.49. The molecule has 1 saturated heterocycles. The van der Waals surface area contributed by atoms with Gasteiger partial charge in [0, 0.05) is 7.05 Å². The quantitative estimate of drug-likeness (QED) is 0.640. The van der Waals surface area contributed by atoms with Crippen molar-refractivity contribution in [2.45, 2.75) is 32.2 Å². The van der Waals surface area contributed by atoms with Crippen LogP contribution in [0.25, 0.3) is 0 Å². The molecular formula is C18H24N4O4. The van der Waals surface area contributed by atoms with E-state index < -0.39 is 29.9 Å². The molecule has 0 aromatic heterocycles. The number of hydrogen-bond acceptors (Lipinski definition) is 4. The maximum atomic E-state index is 12.8. The average molecular weight is 360 g/mol. The molecule has 1 fully saturated rings. The molecule has 0 bridgehead atoms. The highest BCUT2D eigenvalue weighted by Crippen LogP contribution is 2.29. The first-order valence-corrected chi connectivity index (χ1v) is 8.41. The molecule has 0 unspecified atom stereocenters. The van der Waals surface area contributed by atoms with Crippen LogP contribution in [-0.4, -0.2) is 48.8 Å². The molecule has 0 radical (unpaired) electrons. The first kappa shape index (κ1) is 19.4. The van der Waals surface area contributed by atoms with Crippen molar-refractivity contribution in [1.82, 2.24) is 20.9 Å². The number of hydrogen-bond donors (Lipinski definition) is 3. The number of rotatable bonds is 6. The van der Waals surface area contributed by atoms with Crippen LogP contribution >= 0.6 is 0 Å². The molecule has 1 heterocycles. The maximum absolute atomic E-state index is 12.8. The number of likely N-dealkylation sites (N-methyl/N-ethyl adjacent to an activating group) is 1. The van der Waals surface area contributed by atoms with Crippen molar-refractivity contribution in [3.63, 3.8) is 0 Å². The monoisotopic (exact) mass is 360 g/mol. The summed E-state index contributed by atoms with van der Waals surface area (Å²) in [6.45, 7) is 5.09. The van der Waals surface area contributed by atoms with Crippen molar-refractivity contribution >= 4 is 23.8 Å². The molecule has 8 nitrogen and oxygen atoms in total. The third-order valence-electron chi connectivity index (χ3n) is 4.46. The van der Waals surface area contributed by atoms with Crippen LogP contribution in [-0.2, 0) is 19.9 Å². The van der Waals surface area contributed by atoms with Crippen LogP contribution in [0.15, 0.2) is 24.3 Å². The Bertz CT molecular complexity index is 729. The number of carbonyl (C=O) groups is 4. The van der Waals surface area contributed by atoms with Gasteiger partial charge in [0.1, 0.15) is 12.1 Å². The van der Waals surface area contributed by atoms with E-state index in [4.69, 9.17) is 0 Å². The Morgan fingerprint density at radius 3 is 2.31 bits per heavy atom. The van der Waals surface area contributed by atoms with E-state index in [0.717, 1.165) is 10.5 Å². The van der Waals surface area contributed by atoms with Crippen molar-refractivity contribution in [2.24, 2.45) is 0 Å². The van der Waals surface area contributed by atoms with Gasteiger partial charge in [0.2, 0.25) is 11.8 Å². The van der Waals surface area contributed by atoms with Gasteiger partial charge in [0.25, 0.3) is 5.91 Å². The minimum atomic E-state index is -1.23. The predicted octanol–water partition coefficient (Wildman–Crippen LogP) is 0.439. The predicted molar refractivity (Wildman–Crippen MR) is 95.2 cm³/mol. The Kier molecular flexibility index (Phi) is 5.64. The summed E-state index contributed by atoms with van der Waals surface area (Å²) in [7, 11) is 1.45. The second-order valence-electron chi connectivity index (χ2n) is 6.67. The lowest BCUT2D eigenvalue weighted by molar-refractivity contribution is -0.135. The van der Waals surface area contributed by atoms with Gasteiger partial charge < -0.3 is 16.0 Å². The fourth-order valence-electron chi connectivity index (χ4n) is 2.70. The van der Waals surface area contributed by atoms with Crippen LogP contribution in [0.3, 0.4) is 0 Å². The Morgan fingerprint density at radius 2 is 1.77 bits per heavy atom. The number of nitrogens with zero attached hydrogens (tertiary/aromatic N) is 1. The van der Waals surface area contributed by atoms with Crippen LogP contribution in [0.4, 0.5) is 4.79 Å². The van der Waals surface area contributed by atoms with Crippen molar-refractivity contribution in [1.29, 1.82) is 0 Å². The van der Waals surface area contributed by atoms with E-state index in [9.17, 15) is 19.2 Å². The van der Waals surface area contributed by atoms with E-state index in [1.807, 2.05) is 24.3 Å². The molecular weight excluding hydrogens is 336 g/mol. The molecule has 3 N–H and O–H groups in total. The standard InChI is InChI=1S/C18H24N4O4/c1-11(2)12-5-7-13(8-6-12)18(3)16(25)22(17(26)21-18)10-15(24)20-9-14(23)19-4/h5-8,11H,9-10H2,1-4H3,(H,19,23)(H,20,24)(H,21,26)/t18-/m0/s1. The number of nitrogens with one attached hydrogen (secondary N) is 3. The topological polar surface area (TPSA) is 108 Å². The summed E-state index contributed by atoms with van der Waals surface area (Å²) in [6.07, 6.45) is 0. The molecule has 2 rings (SSSR count). The minimum absolute atomic E-state index is 0.215. The van der Waals surface area contributed by atoms with Crippen molar-refractivity contribution < 1.29 is 19.2 Å². The summed E-state index contributed by atoms with van der Waals surface area (Å²) in [6, 6.07) is 6.82. The lowest BCUT2D eigenvalue weighted by atomic mass is 9.90. The Labute approximate surface area is 152 Å². The molecule has 1 aliphatic heterocycles. The Balaban J connectivity index is 2.11. The van der Waals surface area contributed by atoms with E-state index in [0.29, 0.717) is 11.5 Å². The maximum Gasteiger partial charge on any atom is 0.325 e. The van der Waals surface area contributed by atoms with Gasteiger partial charge in [-0.25, -0.2) is 4.79 Å². The molecule has 0 spiro atoms. The molecule has 1 aromatic carbocycles. The van der Waals surface area contributed by atoms with Crippen LogP contribution in [0.2, 0.25) is 0 Å². The van der Waals surface area contributed by atoms with Gasteiger partial charge in [0.15, 0.2) is 0 Å². The van der Waals surface area contributed by atoms with Crippen molar-refractivity contribution in [3.8, 4) is 0 Å². The summed E-state index contributed by atoms with van der Waals surface area (Å²) >= 11 is 0. The van der Waals surface area contributed by atoms with E-state index in [1.54, 1.807) is 6.92 Å². The molecule has 8 heteroatoms.